The molecule has 33 heavy (non-hydrogen) atoms. The van der Waals surface area contributed by atoms with Gasteiger partial charge in [0, 0.05) is 23.6 Å². The molecule has 0 spiro atoms. The molecule has 1 saturated carbocycles. The van der Waals surface area contributed by atoms with Crippen molar-refractivity contribution in [1.82, 2.24) is 9.88 Å². The second-order valence-corrected chi connectivity index (χ2v) is 9.69. The minimum atomic E-state index is -0.472. The summed E-state index contributed by atoms with van der Waals surface area (Å²) in [6, 6.07) is 4.44. The van der Waals surface area contributed by atoms with E-state index in [4.69, 9.17) is 16.3 Å². The SMILES string of the molecule is O=C(CC1CCCC1)Nc1ccc(C(=O)N=c2sccn2COC(=O)[C@@H]2CCCN2)cc1Cl. The van der Waals surface area contributed by atoms with Gasteiger partial charge in [-0.2, -0.15) is 4.99 Å². The maximum absolute atomic E-state index is 12.7. The molecule has 0 unspecified atom stereocenters. The fourth-order valence-electron chi connectivity index (χ4n) is 4.18. The molecule has 176 valence electrons. The van der Waals surface area contributed by atoms with Crippen LogP contribution in [0.2, 0.25) is 5.02 Å². The van der Waals surface area contributed by atoms with Crippen LogP contribution in [0.3, 0.4) is 0 Å². The van der Waals surface area contributed by atoms with Gasteiger partial charge in [0.1, 0.15) is 6.04 Å². The molecule has 1 aliphatic heterocycles. The van der Waals surface area contributed by atoms with E-state index in [9.17, 15) is 14.4 Å². The Bertz CT molecular complexity index is 1080. The highest BCUT2D eigenvalue weighted by Crippen LogP contribution is 2.29. The van der Waals surface area contributed by atoms with Crippen molar-refractivity contribution in [2.75, 3.05) is 11.9 Å². The normalized spacial score (nSPS) is 19.1. The van der Waals surface area contributed by atoms with Crippen molar-refractivity contribution in [2.24, 2.45) is 10.9 Å². The summed E-state index contributed by atoms with van der Waals surface area (Å²) in [6.45, 7) is 0.797. The monoisotopic (exact) mass is 490 g/mol. The minimum absolute atomic E-state index is 0.0145. The first kappa shape index (κ1) is 23.7. The number of hydrogen-bond acceptors (Lipinski definition) is 6. The summed E-state index contributed by atoms with van der Waals surface area (Å²) < 4.78 is 6.96. The molecule has 2 aromatic rings. The largest absolute Gasteiger partial charge is 0.443 e. The van der Waals surface area contributed by atoms with Gasteiger partial charge in [-0.1, -0.05) is 24.4 Å². The Morgan fingerprint density at radius 2 is 2.03 bits per heavy atom. The summed E-state index contributed by atoms with van der Waals surface area (Å²) in [7, 11) is 0. The molecule has 8 nitrogen and oxygen atoms in total. The second-order valence-electron chi connectivity index (χ2n) is 8.41. The number of carbonyl (C=O) groups is 3. The molecule has 2 fully saturated rings. The van der Waals surface area contributed by atoms with E-state index in [1.165, 1.54) is 30.2 Å². The predicted molar refractivity (Wildman–Crippen MR) is 126 cm³/mol. The average molecular weight is 491 g/mol. The van der Waals surface area contributed by atoms with Gasteiger partial charge in [0.15, 0.2) is 11.5 Å². The molecular formula is C23H27ClN4O4S. The Morgan fingerprint density at radius 1 is 1.21 bits per heavy atom. The van der Waals surface area contributed by atoms with Crippen molar-refractivity contribution >= 4 is 46.4 Å². The van der Waals surface area contributed by atoms with Gasteiger partial charge in [-0.25, -0.2) is 0 Å². The fourth-order valence-corrected chi connectivity index (χ4v) is 5.13. The number of hydrogen-bond donors (Lipinski definition) is 2. The summed E-state index contributed by atoms with van der Waals surface area (Å²) in [5, 5.41) is 7.99. The van der Waals surface area contributed by atoms with E-state index in [0.29, 0.717) is 28.4 Å². The Balaban J connectivity index is 1.38. The van der Waals surface area contributed by atoms with Gasteiger partial charge < -0.3 is 15.4 Å². The smallest absolute Gasteiger partial charge is 0.324 e. The molecule has 1 atom stereocenters. The number of rotatable bonds is 7. The summed E-state index contributed by atoms with van der Waals surface area (Å²) in [5.41, 5.74) is 0.788. The predicted octanol–water partition coefficient (Wildman–Crippen LogP) is 3.72. The maximum Gasteiger partial charge on any atom is 0.324 e. The van der Waals surface area contributed by atoms with Crippen LogP contribution >= 0.6 is 22.9 Å². The zero-order chi connectivity index (χ0) is 23.2. The number of esters is 1. The number of aromatic nitrogens is 1. The third kappa shape index (κ3) is 6.31. The molecule has 1 aromatic carbocycles. The first-order chi connectivity index (χ1) is 16.0. The number of halogens is 1. The molecule has 1 saturated heterocycles. The number of anilines is 1. The van der Waals surface area contributed by atoms with Crippen molar-refractivity contribution in [3.63, 3.8) is 0 Å². The highest BCUT2D eigenvalue weighted by Gasteiger charge is 2.23. The van der Waals surface area contributed by atoms with Crippen molar-refractivity contribution in [3.05, 3.63) is 45.2 Å². The van der Waals surface area contributed by atoms with Gasteiger partial charge in [-0.3, -0.25) is 19.0 Å². The van der Waals surface area contributed by atoms with E-state index in [1.807, 2.05) is 0 Å². The third-order valence-corrected chi connectivity index (χ3v) is 7.09. The van der Waals surface area contributed by atoms with Crippen LogP contribution in [0.25, 0.3) is 0 Å². The molecule has 4 rings (SSSR count). The van der Waals surface area contributed by atoms with Crippen molar-refractivity contribution < 1.29 is 19.1 Å². The van der Waals surface area contributed by atoms with Crippen molar-refractivity contribution in [2.45, 2.75) is 57.7 Å². The van der Waals surface area contributed by atoms with Gasteiger partial charge in [-0.15, -0.1) is 11.3 Å². The van der Waals surface area contributed by atoms with Crippen molar-refractivity contribution in [1.29, 1.82) is 0 Å². The highest BCUT2D eigenvalue weighted by molar-refractivity contribution is 7.07. The number of nitrogens with one attached hydrogen (secondary N) is 2. The first-order valence-corrected chi connectivity index (χ1v) is 12.5. The molecule has 2 heterocycles. The Hall–Kier alpha value is -2.49. The Kier molecular flexibility index (Phi) is 7.95. The molecule has 0 bridgehead atoms. The van der Waals surface area contributed by atoms with E-state index >= 15 is 0 Å². The number of benzene rings is 1. The molecule has 2 amide bonds. The topological polar surface area (TPSA) is 102 Å². The lowest BCUT2D eigenvalue weighted by atomic mass is 10.0. The van der Waals surface area contributed by atoms with E-state index in [-0.39, 0.29) is 29.7 Å². The Labute approximate surface area is 201 Å². The summed E-state index contributed by atoms with van der Waals surface area (Å²) in [6.07, 6.45) is 8.47. The van der Waals surface area contributed by atoms with Crippen LogP contribution in [-0.4, -0.2) is 34.9 Å². The van der Waals surface area contributed by atoms with Crippen LogP contribution in [0.5, 0.6) is 0 Å². The molecule has 1 aromatic heterocycles. The molecule has 1 aliphatic carbocycles. The number of amides is 2. The lowest BCUT2D eigenvalue weighted by Gasteiger charge is -2.11. The number of thiazole rings is 1. The highest BCUT2D eigenvalue weighted by atomic mass is 35.5. The van der Waals surface area contributed by atoms with E-state index in [2.05, 4.69) is 15.6 Å². The summed E-state index contributed by atoms with van der Waals surface area (Å²) in [5.74, 6) is -0.397. The van der Waals surface area contributed by atoms with Crippen LogP contribution in [0.4, 0.5) is 5.69 Å². The summed E-state index contributed by atoms with van der Waals surface area (Å²) >= 11 is 7.59. The molecule has 0 radical (unpaired) electrons. The van der Waals surface area contributed by atoms with E-state index in [1.54, 1.807) is 28.3 Å². The van der Waals surface area contributed by atoms with Gasteiger partial charge in [0.05, 0.1) is 10.7 Å². The van der Waals surface area contributed by atoms with E-state index in [0.717, 1.165) is 32.2 Å². The van der Waals surface area contributed by atoms with Gasteiger partial charge in [0.25, 0.3) is 5.91 Å². The fraction of sp³-hybridized carbons (Fsp3) is 0.478. The van der Waals surface area contributed by atoms with Gasteiger partial charge in [-0.05, 0) is 56.3 Å². The first-order valence-electron chi connectivity index (χ1n) is 11.2. The van der Waals surface area contributed by atoms with Crippen LogP contribution < -0.4 is 15.4 Å². The van der Waals surface area contributed by atoms with Crippen molar-refractivity contribution in [3.8, 4) is 0 Å². The van der Waals surface area contributed by atoms with Crippen LogP contribution in [-0.2, 0) is 21.1 Å². The van der Waals surface area contributed by atoms with Gasteiger partial charge >= 0.3 is 5.97 Å². The standard InChI is InChI=1S/C23H27ClN4O4S/c24-17-13-16(7-8-18(17)26-20(29)12-15-4-1-2-5-15)21(30)27-23-28(10-11-33-23)14-32-22(31)19-6-3-9-25-19/h7-8,10-11,13,15,19,25H,1-6,9,12,14H2,(H,26,29)/t19-/m0/s1. The lowest BCUT2D eigenvalue weighted by Crippen LogP contribution is -2.33. The van der Waals surface area contributed by atoms with E-state index < -0.39 is 5.91 Å². The molecule has 2 N–H and O–H groups in total. The minimum Gasteiger partial charge on any atom is -0.443 e. The average Bonchev–Trinajstić information content (AvgIpc) is 3.57. The number of nitrogens with zero attached hydrogens (tertiary/aromatic N) is 2. The Morgan fingerprint density at radius 3 is 2.76 bits per heavy atom. The van der Waals surface area contributed by atoms with Gasteiger partial charge in [0.2, 0.25) is 5.91 Å². The molecule has 2 aliphatic rings. The third-order valence-electron chi connectivity index (χ3n) is 5.99. The number of ether oxygens (including phenoxy) is 1. The number of carbonyl (C=O) groups excluding carboxylic acids is 3. The molecule has 10 heteroatoms. The van der Waals surface area contributed by atoms with Crippen LogP contribution in [0.15, 0.2) is 34.8 Å². The zero-order valence-electron chi connectivity index (χ0n) is 18.2. The quantitative estimate of drug-likeness (QED) is 0.576. The molecular weight excluding hydrogens is 464 g/mol. The van der Waals surface area contributed by atoms with Crippen LogP contribution in [0.1, 0.15) is 55.3 Å². The summed E-state index contributed by atoms with van der Waals surface area (Å²) in [4.78, 5) is 41.6. The maximum atomic E-state index is 12.7. The second kappa shape index (κ2) is 11.1. The van der Waals surface area contributed by atoms with Crippen LogP contribution in [0, 0.1) is 5.92 Å². The lowest BCUT2D eigenvalue weighted by molar-refractivity contribution is -0.149. The zero-order valence-corrected chi connectivity index (χ0v) is 19.8.